The van der Waals surface area contributed by atoms with Crippen molar-refractivity contribution in [3.05, 3.63) is 194 Å². The first-order chi connectivity index (χ1) is 26.3. The van der Waals surface area contributed by atoms with Crippen molar-refractivity contribution in [3.8, 4) is 62.0 Å². The Bertz CT molecular complexity index is 2910. The van der Waals surface area contributed by atoms with Gasteiger partial charge in [-0.05, 0) is 47.5 Å². The van der Waals surface area contributed by atoms with Crippen LogP contribution in [0.2, 0.25) is 0 Å². The highest BCUT2D eigenvalue weighted by Gasteiger charge is 2.21. The van der Waals surface area contributed by atoms with Crippen LogP contribution in [0, 0.1) is 0 Å². The highest BCUT2D eigenvalue weighted by molar-refractivity contribution is 6.23. The second kappa shape index (κ2) is 12.9. The highest BCUT2D eigenvalue weighted by atomic mass is 15.0. The van der Waals surface area contributed by atoms with Crippen LogP contribution in [0.3, 0.4) is 0 Å². The van der Waals surface area contributed by atoms with Gasteiger partial charge in [0.25, 0.3) is 0 Å². The number of aromatic nitrogens is 4. The molecule has 248 valence electrons. The smallest absolute Gasteiger partial charge is 0.160 e. The minimum absolute atomic E-state index is 0.686. The molecule has 0 saturated heterocycles. The van der Waals surface area contributed by atoms with E-state index in [0.717, 1.165) is 67.0 Å². The molecule has 0 N–H and O–H groups in total. The monoisotopic (exact) mass is 676 g/mol. The van der Waals surface area contributed by atoms with Gasteiger partial charge in [0.1, 0.15) is 0 Å². The third-order valence-electron chi connectivity index (χ3n) is 10.00. The van der Waals surface area contributed by atoms with E-state index >= 15 is 0 Å². The molecule has 10 rings (SSSR count). The van der Waals surface area contributed by atoms with Gasteiger partial charge in [0.2, 0.25) is 0 Å². The van der Waals surface area contributed by atoms with Crippen LogP contribution in [-0.4, -0.2) is 19.5 Å². The fourth-order valence-electron chi connectivity index (χ4n) is 7.49. The standard InChI is InChI=1S/C49H32N4/c1-4-15-33(16-5-1)34-27-29-35(30-28-34)43-32-44(52-49(51-43)36-17-6-2-7-18-36)37-19-14-20-38(31-37)47-48-46(40-23-10-12-25-42(40)50-47)41-24-11-13-26-45(41)53(48)39-21-8-3-9-22-39/h1-32H. The Morgan fingerprint density at radius 1 is 0.358 bits per heavy atom. The van der Waals surface area contributed by atoms with Crippen LogP contribution in [0.4, 0.5) is 0 Å². The highest BCUT2D eigenvalue weighted by Crippen LogP contribution is 2.41. The van der Waals surface area contributed by atoms with E-state index in [-0.39, 0.29) is 0 Å². The van der Waals surface area contributed by atoms with Crippen molar-refractivity contribution in [2.75, 3.05) is 0 Å². The Morgan fingerprint density at radius 3 is 1.66 bits per heavy atom. The molecule has 4 nitrogen and oxygen atoms in total. The van der Waals surface area contributed by atoms with Gasteiger partial charge in [-0.2, -0.15) is 0 Å². The molecule has 10 aromatic rings. The Hall–Kier alpha value is -7.17. The van der Waals surface area contributed by atoms with Gasteiger partial charge in [0, 0.05) is 44.1 Å². The van der Waals surface area contributed by atoms with Gasteiger partial charge >= 0.3 is 0 Å². The molecule has 0 atom stereocenters. The predicted octanol–water partition coefficient (Wildman–Crippen LogP) is 12.5. The molecule has 0 bridgehead atoms. The molecule has 0 aliphatic rings. The number of fused-ring (bicyclic) bond motifs is 5. The summed E-state index contributed by atoms with van der Waals surface area (Å²) in [6, 6.07) is 67.8. The van der Waals surface area contributed by atoms with Gasteiger partial charge in [-0.15, -0.1) is 0 Å². The maximum atomic E-state index is 5.40. The first-order valence-electron chi connectivity index (χ1n) is 17.9. The molecule has 0 amide bonds. The maximum Gasteiger partial charge on any atom is 0.160 e. The van der Waals surface area contributed by atoms with Gasteiger partial charge in [-0.1, -0.05) is 158 Å². The Kier molecular flexibility index (Phi) is 7.43. The van der Waals surface area contributed by atoms with E-state index in [1.165, 1.54) is 21.9 Å². The first-order valence-corrected chi connectivity index (χ1v) is 17.9. The summed E-state index contributed by atoms with van der Waals surface area (Å²) in [5.74, 6) is 0.686. The number of benzene rings is 7. The van der Waals surface area contributed by atoms with E-state index in [2.05, 4.69) is 174 Å². The molecule has 4 heteroatoms. The third-order valence-corrected chi connectivity index (χ3v) is 10.00. The van der Waals surface area contributed by atoms with Gasteiger partial charge in [0.15, 0.2) is 5.82 Å². The number of para-hydroxylation sites is 3. The Morgan fingerprint density at radius 2 is 0.906 bits per heavy atom. The number of nitrogens with zero attached hydrogens (tertiary/aromatic N) is 4. The summed E-state index contributed by atoms with van der Waals surface area (Å²) in [7, 11) is 0. The van der Waals surface area contributed by atoms with Crippen LogP contribution < -0.4 is 0 Å². The lowest BCUT2D eigenvalue weighted by Gasteiger charge is -2.14. The molecule has 7 aromatic carbocycles. The topological polar surface area (TPSA) is 43.6 Å². The molecular formula is C49H32N4. The quantitative estimate of drug-likeness (QED) is 0.176. The van der Waals surface area contributed by atoms with Crippen molar-refractivity contribution in [1.82, 2.24) is 19.5 Å². The second-order valence-corrected chi connectivity index (χ2v) is 13.2. The molecule has 0 aliphatic heterocycles. The fourth-order valence-corrected chi connectivity index (χ4v) is 7.49. The normalized spacial score (nSPS) is 11.4. The molecule has 3 aromatic heterocycles. The average molecular weight is 677 g/mol. The van der Waals surface area contributed by atoms with Gasteiger partial charge in [-0.3, -0.25) is 0 Å². The SMILES string of the molecule is c1ccc(-c2ccc(-c3cc(-c4cccc(-c5nc6ccccc6c6c7ccccc7n(-c7ccccc7)c56)c4)nc(-c4ccccc4)n3)cc2)cc1. The number of hydrogen-bond donors (Lipinski definition) is 0. The molecule has 3 heterocycles. The van der Waals surface area contributed by atoms with E-state index < -0.39 is 0 Å². The van der Waals surface area contributed by atoms with Crippen molar-refractivity contribution >= 4 is 32.7 Å². The summed E-state index contributed by atoms with van der Waals surface area (Å²) >= 11 is 0. The number of hydrogen-bond acceptors (Lipinski definition) is 3. The minimum Gasteiger partial charge on any atom is -0.307 e. The average Bonchev–Trinajstić information content (AvgIpc) is 3.60. The van der Waals surface area contributed by atoms with Crippen molar-refractivity contribution in [2.45, 2.75) is 0 Å². The molecule has 53 heavy (non-hydrogen) atoms. The Labute approximate surface area is 307 Å². The van der Waals surface area contributed by atoms with Gasteiger partial charge in [-0.25, -0.2) is 15.0 Å². The zero-order valence-electron chi connectivity index (χ0n) is 28.8. The van der Waals surface area contributed by atoms with Gasteiger partial charge < -0.3 is 4.57 Å². The molecular weight excluding hydrogens is 645 g/mol. The largest absolute Gasteiger partial charge is 0.307 e. The molecule has 0 saturated carbocycles. The van der Waals surface area contributed by atoms with Crippen LogP contribution in [0.1, 0.15) is 0 Å². The predicted molar refractivity (Wildman–Crippen MR) is 219 cm³/mol. The van der Waals surface area contributed by atoms with E-state index in [4.69, 9.17) is 15.0 Å². The number of pyridine rings is 1. The van der Waals surface area contributed by atoms with E-state index in [9.17, 15) is 0 Å². The lowest BCUT2D eigenvalue weighted by Crippen LogP contribution is -1.98. The van der Waals surface area contributed by atoms with Crippen LogP contribution in [-0.2, 0) is 0 Å². The van der Waals surface area contributed by atoms with Crippen LogP contribution in [0.5, 0.6) is 0 Å². The molecule has 0 fully saturated rings. The third kappa shape index (κ3) is 5.45. The summed E-state index contributed by atoms with van der Waals surface area (Å²) in [5.41, 5.74) is 13.3. The zero-order chi connectivity index (χ0) is 35.1. The Balaban J connectivity index is 1.18. The van der Waals surface area contributed by atoms with Crippen LogP contribution in [0.15, 0.2) is 194 Å². The molecule has 0 radical (unpaired) electrons. The summed E-state index contributed by atoms with van der Waals surface area (Å²) in [6.07, 6.45) is 0. The van der Waals surface area contributed by atoms with Crippen LogP contribution >= 0.6 is 0 Å². The number of rotatable bonds is 6. The lowest BCUT2D eigenvalue weighted by molar-refractivity contribution is 1.17. The lowest BCUT2D eigenvalue weighted by atomic mass is 9.99. The van der Waals surface area contributed by atoms with E-state index in [1.54, 1.807) is 0 Å². The van der Waals surface area contributed by atoms with E-state index in [1.807, 2.05) is 24.3 Å². The maximum absolute atomic E-state index is 5.40. The van der Waals surface area contributed by atoms with Crippen molar-refractivity contribution in [3.63, 3.8) is 0 Å². The summed E-state index contributed by atoms with van der Waals surface area (Å²) in [6.45, 7) is 0. The second-order valence-electron chi connectivity index (χ2n) is 13.2. The minimum atomic E-state index is 0.686. The van der Waals surface area contributed by atoms with Gasteiger partial charge in [0.05, 0.1) is 33.6 Å². The molecule has 0 unspecified atom stereocenters. The summed E-state index contributed by atoms with van der Waals surface area (Å²) in [5, 5.41) is 3.54. The molecule has 0 aliphatic carbocycles. The van der Waals surface area contributed by atoms with Crippen molar-refractivity contribution in [2.24, 2.45) is 0 Å². The van der Waals surface area contributed by atoms with Crippen molar-refractivity contribution < 1.29 is 0 Å². The molecule has 0 spiro atoms. The zero-order valence-corrected chi connectivity index (χ0v) is 28.8. The summed E-state index contributed by atoms with van der Waals surface area (Å²) < 4.78 is 2.36. The summed E-state index contributed by atoms with van der Waals surface area (Å²) in [4.78, 5) is 15.7. The van der Waals surface area contributed by atoms with Crippen LogP contribution in [0.25, 0.3) is 94.7 Å². The van der Waals surface area contributed by atoms with Crippen molar-refractivity contribution in [1.29, 1.82) is 0 Å². The first kappa shape index (κ1) is 30.6. The fraction of sp³-hybridized carbons (Fsp3) is 0. The van der Waals surface area contributed by atoms with E-state index in [0.29, 0.717) is 5.82 Å².